The van der Waals surface area contributed by atoms with Gasteiger partial charge in [0.1, 0.15) is 0 Å². The fourth-order valence-electron chi connectivity index (χ4n) is 1.67. The fourth-order valence-corrected chi connectivity index (χ4v) is 1.67. The van der Waals surface area contributed by atoms with Crippen LogP contribution in [0, 0.1) is 5.95 Å². The van der Waals surface area contributed by atoms with Crippen molar-refractivity contribution in [2.24, 2.45) is 0 Å². The molecule has 0 aromatic carbocycles. The van der Waals surface area contributed by atoms with E-state index in [9.17, 15) is 9.18 Å². The molecule has 1 amide bonds. The van der Waals surface area contributed by atoms with E-state index in [-0.39, 0.29) is 5.91 Å². The Morgan fingerprint density at radius 2 is 2.00 bits per heavy atom. The maximum Gasteiger partial charge on any atom is 0.255 e. The lowest BCUT2D eigenvalue weighted by Crippen LogP contribution is -2.28. The van der Waals surface area contributed by atoms with Crippen LogP contribution in [0.15, 0.2) is 42.9 Å². The van der Waals surface area contributed by atoms with E-state index in [0.29, 0.717) is 12.1 Å². The second-order valence-corrected chi connectivity index (χ2v) is 4.20. The van der Waals surface area contributed by atoms with Crippen LogP contribution >= 0.6 is 0 Å². The zero-order valence-corrected chi connectivity index (χ0v) is 10.6. The lowest BCUT2D eigenvalue weighted by molar-refractivity contribution is 0.0796. The minimum Gasteiger partial charge on any atom is -0.341 e. The van der Waals surface area contributed by atoms with E-state index < -0.39 is 5.95 Å². The number of carbonyl (C=O) groups excluding carboxylic acids is 1. The highest BCUT2D eigenvalue weighted by atomic mass is 19.1. The third-order valence-corrected chi connectivity index (χ3v) is 2.81. The smallest absolute Gasteiger partial charge is 0.255 e. The summed E-state index contributed by atoms with van der Waals surface area (Å²) in [6.45, 7) is 0.584. The zero-order valence-electron chi connectivity index (χ0n) is 10.6. The lowest BCUT2D eigenvalue weighted by Gasteiger charge is -2.16. The van der Waals surface area contributed by atoms with Gasteiger partial charge in [0.25, 0.3) is 5.91 Å². The molecule has 5 heteroatoms. The topological polar surface area (TPSA) is 46.1 Å². The molecule has 0 aliphatic heterocycles. The van der Waals surface area contributed by atoms with Crippen molar-refractivity contribution < 1.29 is 9.18 Å². The molecule has 98 valence electrons. The summed E-state index contributed by atoms with van der Waals surface area (Å²) in [5.41, 5.74) is 1.51. The average molecular weight is 259 g/mol. The van der Waals surface area contributed by atoms with Gasteiger partial charge in [0.05, 0.1) is 5.56 Å². The van der Waals surface area contributed by atoms with Crippen LogP contribution in [0.4, 0.5) is 4.39 Å². The number of hydrogen-bond donors (Lipinski definition) is 0. The molecule has 2 aromatic heterocycles. The molecule has 0 N–H and O–H groups in total. The predicted molar refractivity (Wildman–Crippen MR) is 69.1 cm³/mol. The summed E-state index contributed by atoms with van der Waals surface area (Å²) in [7, 11) is 1.72. The van der Waals surface area contributed by atoms with E-state index in [1.54, 1.807) is 24.3 Å². The van der Waals surface area contributed by atoms with Crippen LogP contribution in [-0.2, 0) is 6.42 Å². The van der Waals surface area contributed by atoms with Gasteiger partial charge in [-0.1, -0.05) is 0 Å². The van der Waals surface area contributed by atoms with Gasteiger partial charge in [-0.05, 0) is 36.2 Å². The summed E-state index contributed by atoms with van der Waals surface area (Å²) in [5.74, 6) is -0.752. The molecule has 0 radical (unpaired) electrons. The molecule has 4 nitrogen and oxygen atoms in total. The van der Waals surface area contributed by atoms with Crippen LogP contribution in [0.3, 0.4) is 0 Å². The van der Waals surface area contributed by atoms with Crippen molar-refractivity contribution in [3.63, 3.8) is 0 Å². The highest BCUT2D eigenvalue weighted by Gasteiger charge is 2.11. The number of likely N-dealkylation sites (N-methyl/N-ethyl adjacent to an activating group) is 1. The molecule has 0 spiro atoms. The summed E-state index contributed by atoms with van der Waals surface area (Å²) >= 11 is 0. The minimum absolute atomic E-state index is 0.165. The third kappa shape index (κ3) is 3.58. The molecule has 0 saturated carbocycles. The molecule has 0 saturated heterocycles. The van der Waals surface area contributed by atoms with Gasteiger partial charge in [-0.2, -0.15) is 4.39 Å². The first kappa shape index (κ1) is 13.1. The second kappa shape index (κ2) is 6.04. The Labute approximate surface area is 110 Å². The first-order valence-corrected chi connectivity index (χ1v) is 5.93. The summed E-state index contributed by atoms with van der Waals surface area (Å²) in [6.07, 6.45) is 5.45. The van der Waals surface area contributed by atoms with E-state index in [2.05, 4.69) is 9.97 Å². The number of halogens is 1. The third-order valence-electron chi connectivity index (χ3n) is 2.81. The van der Waals surface area contributed by atoms with Crippen molar-refractivity contribution in [3.8, 4) is 0 Å². The number of pyridine rings is 2. The van der Waals surface area contributed by atoms with Crippen molar-refractivity contribution in [2.45, 2.75) is 6.42 Å². The molecule has 19 heavy (non-hydrogen) atoms. The van der Waals surface area contributed by atoms with Crippen molar-refractivity contribution in [3.05, 3.63) is 59.9 Å². The summed E-state index contributed by atoms with van der Waals surface area (Å²) < 4.78 is 12.7. The largest absolute Gasteiger partial charge is 0.341 e. The lowest BCUT2D eigenvalue weighted by atomic mass is 10.2. The number of carbonyl (C=O) groups is 1. The van der Waals surface area contributed by atoms with Crippen LogP contribution in [0.1, 0.15) is 15.9 Å². The first-order valence-electron chi connectivity index (χ1n) is 5.93. The Kier molecular flexibility index (Phi) is 4.18. The monoisotopic (exact) mass is 259 g/mol. The van der Waals surface area contributed by atoms with E-state index in [0.717, 1.165) is 12.0 Å². The van der Waals surface area contributed by atoms with Gasteiger partial charge in [-0.15, -0.1) is 0 Å². The molecule has 0 aliphatic rings. The number of hydrogen-bond acceptors (Lipinski definition) is 3. The highest BCUT2D eigenvalue weighted by molar-refractivity contribution is 5.93. The van der Waals surface area contributed by atoms with Crippen molar-refractivity contribution in [1.82, 2.24) is 14.9 Å². The van der Waals surface area contributed by atoms with Gasteiger partial charge >= 0.3 is 0 Å². The predicted octanol–water partition coefficient (Wildman–Crippen LogP) is 1.93. The molecular weight excluding hydrogens is 245 g/mol. The number of amides is 1. The fraction of sp³-hybridized carbons (Fsp3) is 0.214. The Morgan fingerprint density at radius 3 is 2.63 bits per heavy atom. The van der Waals surface area contributed by atoms with Crippen molar-refractivity contribution in [1.29, 1.82) is 0 Å². The second-order valence-electron chi connectivity index (χ2n) is 4.20. The van der Waals surface area contributed by atoms with Crippen LogP contribution in [0.2, 0.25) is 0 Å². The zero-order chi connectivity index (χ0) is 13.7. The molecule has 0 fully saturated rings. The molecule has 2 rings (SSSR count). The van der Waals surface area contributed by atoms with Gasteiger partial charge in [-0.3, -0.25) is 9.78 Å². The molecule has 2 aromatic rings. The maximum atomic E-state index is 12.7. The van der Waals surface area contributed by atoms with Gasteiger partial charge in [0, 0.05) is 32.2 Å². The van der Waals surface area contributed by atoms with Gasteiger partial charge in [0.15, 0.2) is 0 Å². The van der Waals surface area contributed by atoms with Crippen LogP contribution in [0.25, 0.3) is 0 Å². The maximum absolute atomic E-state index is 12.7. The van der Waals surface area contributed by atoms with E-state index >= 15 is 0 Å². The Hall–Kier alpha value is -2.30. The standard InChI is InChI=1S/C14H14FN3O/c1-18(9-6-11-4-7-16-8-5-11)14(19)12-2-3-13(15)17-10-12/h2-5,7-8,10H,6,9H2,1H3. The summed E-state index contributed by atoms with van der Waals surface area (Å²) in [5, 5.41) is 0. The molecule has 0 aliphatic carbocycles. The van der Waals surface area contributed by atoms with Gasteiger partial charge in [-0.25, -0.2) is 4.98 Å². The Bertz CT molecular complexity index is 542. The quantitative estimate of drug-likeness (QED) is 0.788. The highest BCUT2D eigenvalue weighted by Crippen LogP contribution is 2.05. The van der Waals surface area contributed by atoms with Crippen molar-refractivity contribution in [2.75, 3.05) is 13.6 Å². The van der Waals surface area contributed by atoms with E-state index in [1.165, 1.54) is 18.3 Å². The number of aromatic nitrogens is 2. The molecule has 0 unspecified atom stereocenters. The van der Waals surface area contributed by atoms with Gasteiger partial charge < -0.3 is 4.90 Å². The minimum atomic E-state index is -0.587. The molecule has 0 atom stereocenters. The number of rotatable bonds is 4. The first-order chi connectivity index (χ1) is 9.16. The van der Waals surface area contributed by atoms with Crippen molar-refractivity contribution >= 4 is 5.91 Å². The van der Waals surface area contributed by atoms with E-state index in [4.69, 9.17) is 0 Å². The van der Waals surface area contributed by atoms with Crippen LogP contribution < -0.4 is 0 Å². The SMILES string of the molecule is CN(CCc1ccncc1)C(=O)c1ccc(F)nc1. The molecular formula is C14H14FN3O. The summed E-state index contributed by atoms with van der Waals surface area (Å²) in [4.78, 5) is 21.0. The summed E-state index contributed by atoms with van der Waals surface area (Å²) in [6, 6.07) is 6.45. The average Bonchev–Trinajstić information content (AvgIpc) is 2.46. The Balaban J connectivity index is 1.94. The molecule has 0 bridgehead atoms. The number of nitrogens with zero attached hydrogens (tertiary/aromatic N) is 3. The Morgan fingerprint density at radius 1 is 1.26 bits per heavy atom. The van der Waals surface area contributed by atoms with E-state index in [1.807, 2.05) is 12.1 Å². The van der Waals surface area contributed by atoms with Crippen LogP contribution in [0.5, 0.6) is 0 Å². The normalized spacial score (nSPS) is 10.2. The molecule has 2 heterocycles. The van der Waals surface area contributed by atoms with Gasteiger partial charge in [0.2, 0.25) is 5.95 Å². The van der Waals surface area contributed by atoms with Crippen LogP contribution in [-0.4, -0.2) is 34.4 Å².